The third-order valence-electron chi connectivity index (χ3n) is 2.43. The van der Waals surface area contributed by atoms with Gasteiger partial charge in [0, 0.05) is 10.4 Å². The highest BCUT2D eigenvalue weighted by molar-refractivity contribution is 9.09. The highest BCUT2D eigenvalue weighted by Crippen LogP contribution is 2.37. The van der Waals surface area contributed by atoms with Crippen LogP contribution in [0.3, 0.4) is 0 Å². The molecule has 1 aliphatic rings. The van der Waals surface area contributed by atoms with Gasteiger partial charge in [-0.3, -0.25) is 4.79 Å². The van der Waals surface area contributed by atoms with Gasteiger partial charge in [0.05, 0.1) is 0 Å². The van der Waals surface area contributed by atoms with Gasteiger partial charge in [-0.15, -0.1) is 0 Å². The molecule has 0 saturated heterocycles. The van der Waals surface area contributed by atoms with Crippen LogP contribution in [-0.2, 0) is 6.42 Å². The molecule has 0 saturated carbocycles. The second-order valence-electron chi connectivity index (χ2n) is 3.28. The molecular formula is C10H10BrNO. The number of carbonyl (C=O) groups is 1. The zero-order valence-electron chi connectivity index (χ0n) is 7.09. The Kier molecular flexibility index (Phi) is 2.12. The number of halogens is 1. The van der Waals surface area contributed by atoms with E-state index in [1.165, 1.54) is 11.1 Å². The van der Waals surface area contributed by atoms with Crippen LogP contribution >= 0.6 is 15.9 Å². The van der Waals surface area contributed by atoms with Crippen molar-refractivity contribution in [1.29, 1.82) is 0 Å². The molecule has 1 aliphatic carbocycles. The minimum Gasteiger partial charge on any atom is -0.366 e. The number of aryl methyl sites for hydroxylation is 1. The maximum Gasteiger partial charge on any atom is 0.248 e. The summed E-state index contributed by atoms with van der Waals surface area (Å²) in [6.07, 6.45) is 2.14. The van der Waals surface area contributed by atoms with Gasteiger partial charge in [0.25, 0.3) is 0 Å². The molecule has 13 heavy (non-hydrogen) atoms. The largest absolute Gasteiger partial charge is 0.366 e. The van der Waals surface area contributed by atoms with Gasteiger partial charge in [-0.2, -0.15) is 0 Å². The van der Waals surface area contributed by atoms with E-state index in [2.05, 4.69) is 15.9 Å². The predicted molar refractivity (Wildman–Crippen MR) is 54.9 cm³/mol. The molecule has 0 aromatic heterocycles. The summed E-state index contributed by atoms with van der Waals surface area (Å²) in [5, 5.41) is 0. The molecule has 0 aliphatic heterocycles. The van der Waals surface area contributed by atoms with Crippen LogP contribution in [0.15, 0.2) is 18.2 Å². The van der Waals surface area contributed by atoms with E-state index in [1.807, 2.05) is 12.1 Å². The minimum atomic E-state index is -0.346. The zero-order valence-corrected chi connectivity index (χ0v) is 8.67. The van der Waals surface area contributed by atoms with Crippen molar-refractivity contribution in [2.24, 2.45) is 5.73 Å². The molecule has 2 rings (SSSR count). The van der Waals surface area contributed by atoms with Crippen LogP contribution in [0.2, 0.25) is 0 Å². The summed E-state index contributed by atoms with van der Waals surface area (Å²) >= 11 is 3.58. The third kappa shape index (κ3) is 1.48. The number of amides is 1. The van der Waals surface area contributed by atoms with Crippen molar-refractivity contribution in [2.75, 3.05) is 0 Å². The molecule has 0 fully saturated rings. The van der Waals surface area contributed by atoms with Crippen molar-refractivity contribution in [2.45, 2.75) is 17.7 Å². The van der Waals surface area contributed by atoms with Crippen molar-refractivity contribution in [3.8, 4) is 0 Å². The number of fused-ring (bicyclic) bond motifs is 1. The molecule has 1 unspecified atom stereocenters. The average molecular weight is 240 g/mol. The van der Waals surface area contributed by atoms with E-state index in [4.69, 9.17) is 5.73 Å². The molecule has 1 atom stereocenters. The van der Waals surface area contributed by atoms with E-state index in [0.29, 0.717) is 10.4 Å². The first-order valence-electron chi connectivity index (χ1n) is 4.25. The van der Waals surface area contributed by atoms with Crippen LogP contribution in [0, 0.1) is 0 Å². The first-order chi connectivity index (χ1) is 6.18. The SMILES string of the molecule is NC(=O)c1ccc2c(c1)CCC2Br. The number of rotatable bonds is 1. The molecule has 1 aromatic carbocycles. The fraction of sp³-hybridized carbons (Fsp3) is 0.300. The molecule has 1 amide bonds. The Hall–Kier alpha value is -0.830. The maximum absolute atomic E-state index is 10.9. The third-order valence-corrected chi connectivity index (χ3v) is 3.38. The Morgan fingerprint density at radius 3 is 3.00 bits per heavy atom. The van der Waals surface area contributed by atoms with E-state index in [9.17, 15) is 4.79 Å². The average Bonchev–Trinajstić information content (AvgIpc) is 2.47. The summed E-state index contributed by atoms with van der Waals surface area (Å²) in [5.41, 5.74) is 8.35. The number of alkyl halides is 1. The van der Waals surface area contributed by atoms with Gasteiger partial charge in [0.1, 0.15) is 0 Å². The van der Waals surface area contributed by atoms with Gasteiger partial charge in [-0.1, -0.05) is 22.0 Å². The van der Waals surface area contributed by atoms with Gasteiger partial charge in [0.15, 0.2) is 0 Å². The highest BCUT2D eigenvalue weighted by Gasteiger charge is 2.20. The lowest BCUT2D eigenvalue weighted by atomic mass is 10.1. The molecule has 0 spiro atoms. The summed E-state index contributed by atoms with van der Waals surface area (Å²) in [6.45, 7) is 0. The van der Waals surface area contributed by atoms with E-state index in [0.717, 1.165) is 12.8 Å². The summed E-state index contributed by atoms with van der Waals surface area (Å²) in [7, 11) is 0. The fourth-order valence-electron chi connectivity index (χ4n) is 1.72. The molecule has 0 heterocycles. The van der Waals surface area contributed by atoms with Gasteiger partial charge in [0.2, 0.25) is 5.91 Å². The monoisotopic (exact) mass is 239 g/mol. The lowest BCUT2D eigenvalue weighted by Crippen LogP contribution is -2.11. The van der Waals surface area contributed by atoms with Crippen LogP contribution in [0.25, 0.3) is 0 Å². The quantitative estimate of drug-likeness (QED) is 0.751. The number of benzene rings is 1. The normalized spacial score (nSPS) is 19.9. The van der Waals surface area contributed by atoms with Crippen molar-refractivity contribution in [3.05, 3.63) is 34.9 Å². The number of hydrogen-bond donors (Lipinski definition) is 1. The molecular weight excluding hydrogens is 230 g/mol. The van der Waals surface area contributed by atoms with Gasteiger partial charge in [-0.25, -0.2) is 0 Å². The van der Waals surface area contributed by atoms with Crippen LogP contribution < -0.4 is 5.73 Å². The number of primary amides is 1. The Morgan fingerprint density at radius 2 is 2.31 bits per heavy atom. The predicted octanol–water partition coefficient (Wildman–Crippen LogP) is 2.17. The topological polar surface area (TPSA) is 43.1 Å². The van der Waals surface area contributed by atoms with Gasteiger partial charge < -0.3 is 5.73 Å². The molecule has 0 radical (unpaired) electrons. The van der Waals surface area contributed by atoms with Crippen LogP contribution in [0.5, 0.6) is 0 Å². The summed E-state index contributed by atoms with van der Waals surface area (Å²) in [5.74, 6) is -0.346. The van der Waals surface area contributed by atoms with E-state index in [1.54, 1.807) is 6.07 Å². The van der Waals surface area contributed by atoms with Crippen LogP contribution in [0.1, 0.15) is 32.7 Å². The summed E-state index contributed by atoms with van der Waals surface area (Å²) < 4.78 is 0. The Bertz CT molecular complexity index is 362. The van der Waals surface area contributed by atoms with Gasteiger partial charge >= 0.3 is 0 Å². The van der Waals surface area contributed by atoms with E-state index in [-0.39, 0.29) is 5.91 Å². The molecule has 2 nitrogen and oxygen atoms in total. The summed E-state index contributed by atoms with van der Waals surface area (Å²) in [6, 6.07) is 5.68. The van der Waals surface area contributed by atoms with Crippen molar-refractivity contribution >= 4 is 21.8 Å². The number of carbonyl (C=O) groups excluding carboxylic acids is 1. The van der Waals surface area contributed by atoms with Gasteiger partial charge in [-0.05, 0) is 36.1 Å². The standard InChI is InChI=1S/C10H10BrNO/c11-9-4-2-6-5-7(10(12)13)1-3-8(6)9/h1,3,5,9H,2,4H2,(H2,12,13). The Morgan fingerprint density at radius 1 is 1.54 bits per heavy atom. The van der Waals surface area contributed by atoms with Crippen LogP contribution in [-0.4, -0.2) is 5.91 Å². The fourth-order valence-corrected chi connectivity index (χ4v) is 2.39. The number of nitrogens with two attached hydrogens (primary N) is 1. The second-order valence-corrected chi connectivity index (χ2v) is 4.39. The zero-order chi connectivity index (χ0) is 9.42. The second kappa shape index (κ2) is 3.14. The van der Waals surface area contributed by atoms with Crippen molar-refractivity contribution < 1.29 is 4.79 Å². The minimum absolute atomic E-state index is 0.346. The molecule has 3 heteroatoms. The Labute approximate surface area is 85.3 Å². The van der Waals surface area contributed by atoms with E-state index < -0.39 is 0 Å². The molecule has 1 aromatic rings. The summed E-state index contributed by atoms with van der Waals surface area (Å²) in [4.78, 5) is 11.3. The van der Waals surface area contributed by atoms with Crippen molar-refractivity contribution in [3.63, 3.8) is 0 Å². The van der Waals surface area contributed by atoms with Crippen molar-refractivity contribution in [1.82, 2.24) is 0 Å². The van der Waals surface area contributed by atoms with Crippen LogP contribution in [0.4, 0.5) is 0 Å². The van der Waals surface area contributed by atoms with E-state index >= 15 is 0 Å². The maximum atomic E-state index is 10.9. The molecule has 0 bridgehead atoms. The first-order valence-corrected chi connectivity index (χ1v) is 5.17. The Balaban J connectivity index is 2.45. The lowest BCUT2D eigenvalue weighted by Gasteiger charge is -2.03. The highest BCUT2D eigenvalue weighted by atomic mass is 79.9. The lowest BCUT2D eigenvalue weighted by molar-refractivity contribution is 0.1000. The molecule has 2 N–H and O–H groups in total. The molecule has 68 valence electrons. The number of hydrogen-bond acceptors (Lipinski definition) is 1. The first kappa shape index (κ1) is 8.75. The smallest absolute Gasteiger partial charge is 0.248 e.